The standard InChI is InChI=1S/C21H16Cl2N4O/c22-18-11-6-10-17(20(18)23)21-24-25-26-27(21)13-16-9-4-5-12-19(16)28-14-15-7-2-1-3-8-15/h1-12H,13-14H2. The van der Waals surface area contributed by atoms with Crippen molar-refractivity contribution in [2.75, 3.05) is 0 Å². The molecule has 3 aromatic carbocycles. The molecule has 0 amide bonds. The average Bonchev–Trinajstić information content (AvgIpc) is 3.18. The van der Waals surface area contributed by atoms with Crippen LogP contribution in [0.15, 0.2) is 72.8 Å². The summed E-state index contributed by atoms with van der Waals surface area (Å²) in [6, 6.07) is 23.3. The minimum atomic E-state index is 0.425. The first kappa shape index (κ1) is 18.5. The maximum absolute atomic E-state index is 6.34. The minimum Gasteiger partial charge on any atom is -0.489 e. The van der Waals surface area contributed by atoms with Gasteiger partial charge in [-0.25, -0.2) is 4.68 Å². The molecule has 0 unspecified atom stereocenters. The molecule has 0 fully saturated rings. The Kier molecular flexibility index (Phi) is 5.55. The van der Waals surface area contributed by atoms with Crippen LogP contribution >= 0.6 is 23.2 Å². The van der Waals surface area contributed by atoms with Crippen molar-refractivity contribution in [3.05, 3.63) is 94.0 Å². The van der Waals surface area contributed by atoms with Gasteiger partial charge in [0.2, 0.25) is 0 Å². The molecule has 0 saturated carbocycles. The highest BCUT2D eigenvalue weighted by molar-refractivity contribution is 6.43. The van der Waals surface area contributed by atoms with Gasteiger partial charge in [-0.15, -0.1) is 5.10 Å². The second kappa shape index (κ2) is 8.42. The normalized spacial score (nSPS) is 10.8. The van der Waals surface area contributed by atoms with E-state index in [2.05, 4.69) is 15.5 Å². The van der Waals surface area contributed by atoms with Crippen molar-refractivity contribution in [2.24, 2.45) is 0 Å². The van der Waals surface area contributed by atoms with E-state index in [1.165, 1.54) is 0 Å². The van der Waals surface area contributed by atoms with Gasteiger partial charge in [-0.3, -0.25) is 0 Å². The Hall–Kier alpha value is -2.89. The molecule has 140 valence electrons. The van der Waals surface area contributed by atoms with Crippen LogP contribution in [0, 0.1) is 0 Å². The van der Waals surface area contributed by atoms with Gasteiger partial charge in [0.25, 0.3) is 0 Å². The maximum atomic E-state index is 6.34. The van der Waals surface area contributed by atoms with Gasteiger partial charge < -0.3 is 4.74 Å². The van der Waals surface area contributed by atoms with Gasteiger partial charge in [0.05, 0.1) is 16.6 Å². The fourth-order valence-electron chi connectivity index (χ4n) is 2.85. The Labute approximate surface area is 172 Å². The van der Waals surface area contributed by atoms with Crippen LogP contribution in [0.3, 0.4) is 0 Å². The van der Waals surface area contributed by atoms with Crippen molar-refractivity contribution in [1.29, 1.82) is 0 Å². The smallest absolute Gasteiger partial charge is 0.183 e. The lowest BCUT2D eigenvalue weighted by atomic mass is 10.1. The van der Waals surface area contributed by atoms with Crippen molar-refractivity contribution in [3.63, 3.8) is 0 Å². The van der Waals surface area contributed by atoms with Crippen LogP contribution < -0.4 is 4.74 Å². The summed E-state index contributed by atoms with van der Waals surface area (Å²) in [6.07, 6.45) is 0. The van der Waals surface area contributed by atoms with Crippen LogP contribution in [0.25, 0.3) is 11.4 Å². The van der Waals surface area contributed by atoms with E-state index in [1.807, 2.05) is 66.7 Å². The van der Waals surface area contributed by atoms with E-state index >= 15 is 0 Å². The van der Waals surface area contributed by atoms with Crippen molar-refractivity contribution in [3.8, 4) is 17.1 Å². The molecule has 28 heavy (non-hydrogen) atoms. The average molecular weight is 411 g/mol. The van der Waals surface area contributed by atoms with E-state index in [-0.39, 0.29) is 0 Å². The molecule has 0 aliphatic carbocycles. The molecule has 1 heterocycles. The van der Waals surface area contributed by atoms with Crippen molar-refractivity contribution >= 4 is 23.2 Å². The molecule has 0 saturated heterocycles. The minimum absolute atomic E-state index is 0.425. The molecular formula is C21H16Cl2N4O. The van der Waals surface area contributed by atoms with E-state index in [1.54, 1.807) is 10.7 Å². The van der Waals surface area contributed by atoms with Gasteiger partial charge in [0, 0.05) is 11.1 Å². The summed E-state index contributed by atoms with van der Waals surface area (Å²) in [5, 5.41) is 12.9. The number of ether oxygens (including phenoxy) is 1. The van der Waals surface area contributed by atoms with Crippen LogP contribution in [0.2, 0.25) is 10.0 Å². The van der Waals surface area contributed by atoms with Gasteiger partial charge in [0.15, 0.2) is 5.82 Å². The molecule has 0 spiro atoms. The number of tetrazole rings is 1. The van der Waals surface area contributed by atoms with E-state index in [0.29, 0.717) is 34.6 Å². The molecule has 4 aromatic rings. The van der Waals surface area contributed by atoms with Crippen LogP contribution in [-0.4, -0.2) is 20.2 Å². The fraction of sp³-hybridized carbons (Fsp3) is 0.0952. The van der Waals surface area contributed by atoms with Crippen molar-refractivity contribution in [1.82, 2.24) is 20.2 Å². The van der Waals surface area contributed by atoms with Crippen LogP contribution in [-0.2, 0) is 13.2 Å². The summed E-state index contributed by atoms with van der Waals surface area (Å²) in [7, 11) is 0. The number of nitrogens with zero attached hydrogens (tertiary/aromatic N) is 4. The van der Waals surface area contributed by atoms with Crippen LogP contribution in [0.5, 0.6) is 5.75 Å². The summed E-state index contributed by atoms with van der Waals surface area (Å²) in [6.45, 7) is 0.927. The molecule has 0 N–H and O–H groups in total. The Bertz CT molecular complexity index is 1080. The van der Waals surface area contributed by atoms with Gasteiger partial charge >= 0.3 is 0 Å². The second-order valence-electron chi connectivity index (χ2n) is 6.14. The lowest BCUT2D eigenvalue weighted by Crippen LogP contribution is -2.07. The van der Waals surface area contributed by atoms with Gasteiger partial charge in [-0.1, -0.05) is 77.8 Å². The van der Waals surface area contributed by atoms with E-state index in [4.69, 9.17) is 27.9 Å². The van der Waals surface area contributed by atoms with Gasteiger partial charge in [-0.2, -0.15) is 0 Å². The van der Waals surface area contributed by atoms with Crippen LogP contribution in [0.1, 0.15) is 11.1 Å². The van der Waals surface area contributed by atoms with Crippen LogP contribution in [0.4, 0.5) is 0 Å². The quantitative estimate of drug-likeness (QED) is 0.434. The highest BCUT2D eigenvalue weighted by Gasteiger charge is 2.16. The summed E-state index contributed by atoms with van der Waals surface area (Å²) >= 11 is 12.5. The number of rotatable bonds is 6. The Morgan fingerprint density at radius 1 is 0.857 bits per heavy atom. The molecule has 0 bridgehead atoms. The largest absolute Gasteiger partial charge is 0.489 e. The first-order valence-corrected chi connectivity index (χ1v) is 9.43. The highest BCUT2D eigenvalue weighted by Crippen LogP contribution is 2.32. The topological polar surface area (TPSA) is 52.8 Å². The zero-order valence-corrected chi connectivity index (χ0v) is 16.3. The second-order valence-corrected chi connectivity index (χ2v) is 6.93. The molecule has 7 heteroatoms. The van der Waals surface area contributed by atoms with Gasteiger partial charge in [-0.05, 0) is 34.2 Å². The summed E-state index contributed by atoms with van der Waals surface area (Å²) < 4.78 is 7.71. The lowest BCUT2D eigenvalue weighted by Gasteiger charge is -2.12. The third-order valence-corrected chi connectivity index (χ3v) is 5.07. The molecule has 0 aliphatic heterocycles. The summed E-state index contributed by atoms with van der Waals surface area (Å²) in [4.78, 5) is 0. The lowest BCUT2D eigenvalue weighted by molar-refractivity contribution is 0.302. The SMILES string of the molecule is Clc1cccc(-c2nnnn2Cc2ccccc2OCc2ccccc2)c1Cl. The van der Waals surface area contributed by atoms with Crippen molar-refractivity contribution in [2.45, 2.75) is 13.2 Å². The molecule has 0 radical (unpaired) electrons. The summed E-state index contributed by atoms with van der Waals surface area (Å²) in [5.74, 6) is 1.33. The third-order valence-electron chi connectivity index (χ3n) is 4.25. The number of benzene rings is 3. The van der Waals surface area contributed by atoms with Gasteiger partial charge in [0.1, 0.15) is 12.4 Å². The molecular weight excluding hydrogens is 395 g/mol. The summed E-state index contributed by atoms with van der Waals surface area (Å²) in [5.41, 5.74) is 2.75. The maximum Gasteiger partial charge on any atom is 0.183 e. The van der Waals surface area contributed by atoms with E-state index < -0.39 is 0 Å². The highest BCUT2D eigenvalue weighted by atomic mass is 35.5. The predicted molar refractivity (Wildman–Crippen MR) is 110 cm³/mol. The molecule has 1 aromatic heterocycles. The number of hydrogen-bond donors (Lipinski definition) is 0. The van der Waals surface area contributed by atoms with E-state index in [0.717, 1.165) is 16.9 Å². The molecule has 0 atom stereocenters. The Morgan fingerprint density at radius 2 is 1.64 bits per heavy atom. The Morgan fingerprint density at radius 3 is 2.50 bits per heavy atom. The molecule has 0 aliphatic rings. The first-order valence-electron chi connectivity index (χ1n) is 8.67. The third kappa shape index (κ3) is 4.01. The number of aromatic nitrogens is 4. The zero-order valence-electron chi connectivity index (χ0n) is 14.8. The fourth-order valence-corrected chi connectivity index (χ4v) is 3.24. The predicted octanol–water partition coefficient (Wildman–Crippen LogP) is 5.27. The Balaban J connectivity index is 1.59. The van der Waals surface area contributed by atoms with Crippen molar-refractivity contribution < 1.29 is 4.74 Å². The number of halogens is 2. The zero-order chi connectivity index (χ0) is 19.3. The number of para-hydroxylation sites is 1. The number of hydrogen-bond acceptors (Lipinski definition) is 4. The monoisotopic (exact) mass is 410 g/mol. The molecule has 5 nitrogen and oxygen atoms in total. The van der Waals surface area contributed by atoms with E-state index in [9.17, 15) is 0 Å². The molecule has 4 rings (SSSR count). The first-order chi connectivity index (χ1) is 13.7.